The maximum Gasteiger partial charge on any atom is 0.255 e. The normalized spacial score (nSPS) is 25.6. The molecule has 1 heterocycles. The van der Waals surface area contributed by atoms with E-state index in [0.717, 1.165) is 17.8 Å². The van der Waals surface area contributed by atoms with E-state index in [4.69, 9.17) is 0 Å². The number of benzene rings is 3. The lowest BCUT2D eigenvalue weighted by atomic mass is 9.75. The van der Waals surface area contributed by atoms with Crippen LogP contribution in [0.3, 0.4) is 0 Å². The van der Waals surface area contributed by atoms with E-state index >= 15 is 0 Å². The van der Waals surface area contributed by atoms with Crippen molar-refractivity contribution in [2.75, 3.05) is 18.4 Å². The van der Waals surface area contributed by atoms with Crippen molar-refractivity contribution in [2.45, 2.75) is 56.4 Å². The summed E-state index contributed by atoms with van der Waals surface area (Å²) in [5.41, 5.74) is 7.36. The molecule has 0 bridgehead atoms. The van der Waals surface area contributed by atoms with Gasteiger partial charge in [0.1, 0.15) is 0 Å². The van der Waals surface area contributed by atoms with E-state index in [9.17, 15) is 4.79 Å². The number of carbonyl (C=O) groups excluding carboxylic acids is 1. The number of hydrogen-bond acceptors (Lipinski definition) is 2. The van der Waals surface area contributed by atoms with Crippen LogP contribution in [0.25, 0.3) is 6.08 Å². The molecule has 1 aliphatic heterocycles. The lowest BCUT2D eigenvalue weighted by Crippen LogP contribution is -2.48. The minimum Gasteiger partial charge on any atom is -0.322 e. The van der Waals surface area contributed by atoms with Crippen LogP contribution in [-0.2, 0) is 5.41 Å². The highest BCUT2D eigenvalue weighted by atomic mass is 16.1. The Hall–Kier alpha value is -3.17. The van der Waals surface area contributed by atoms with E-state index < -0.39 is 0 Å². The summed E-state index contributed by atoms with van der Waals surface area (Å²) in [5.74, 6) is 0.536. The molecule has 3 aromatic rings. The fraction of sp³-hybridized carbons (Fsp3) is 0.344. The van der Waals surface area contributed by atoms with Crippen LogP contribution in [-0.4, -0.2) is 29.9 Å². The van der Waals surface area contributed by atoms with Crippen LogP contribution in [0.2, 0.25) is 0 Å². The number of likely N-dealkylation sites (tertiary alicyclic amines) is 1. The Kier molecular flexibility index (Phi) is 5.82. The summed E-state index contributed by atoms with van der Waals surface area (Å²) in [4.78, 5) is 15.5. The highest BCUT2D eigenvalue weighted by Gasteiger charge is 2.42. The molecular weight excluding hydrogens is 428 g/mol. The first-order valence-corrected chi connectivity index (χ1v) is 13.1. The van der Waals surface area contributed by atoms with Gasteiger partial charge < -0.3 is 5.32 Å². The second-order valence-corrected chi connectivity index (χ2v) is 10.7. The molecule has 3 heteroatoms. The zero-order chi connectivity index (χ0) is 23.8. The van der Waals surface area contributed by atoms with Crippen LogP contribution >= 0.6 is 0 Å². The molecule has 0 radical (unpaired) electrons. The van der Waals surface area contributed by atoms with Crippen molar-refractivity contribution in [3.63, 3.8) is 0 Å². The molecule has 6 rings (SSSR count). The minimum absolute atomic E-state index is 0.0429. The van der Waals surface area contributed by atoms with Gasteiger partial charge in [-0.1, -0.05) is 60.7 Å². The third kappa shape index (κ3) is 4.23. The second kappa shape index (κ2) is 9.13. The van der Waals surface area contributed by atoms with Gasteiger partial charge in [0, 0.05) is 29.3 Å². The van der Waals surface area contributed by atoms with Gasteiger partial charge in [0.25, 0.3) is 5.91 Å². The van der Waals surface area contributed by atoms with Crippen molar-refractivity contribution >= 4 is 17.7 Å². The summed E-state index contributed by atoms with van der Waals surface area (Å²) >= 11 is 0. The van der Waals surface area contributed by atoms with Crippen LogP contribution in [0.5, 0.6) is 0 Å². The largest absolute Gasteiger partial charge is 0.322 e. The van der Waals surface area contributed by atoms with E-state index in [2.05, 4.69) is 65.7 Å². The van der Waals surface area contributed by atoms with Crippen LogP contribution in [0.1, 0.15) is 70.6 Å². The first kappa shape index (κ1) is 22.3. The van der Waals surface area contributed by atoms with E-state index in [1.807, 2.05) is 36.4 Å². The quantitative estimate of drug-likeness (QED) is 0.455. The summed E-state index contributed by atoms with van der Waals surface area (Å²) in [6.45, 7) is 4.53. The zero-order valence-corrected chi connectivity index (χ0v) is 20.5. The molecule has 3 atom stereocenters. The SMILES string of the molecule is Cc1cc(C(=O)Nc2ccccc2)ccc1C1CCC(N2CCCC3(C=Cc4ccccc43)C2)C1. The van der Waals surface area contributed by atoms with Gasteiger partial charge in [0.15, 0.2) is 0 Å². The third-order valence-electron chi connectivity index (χ3n) is 8.56. The van der Waals surface area contributed by atoms with Gasteiger partial charge in [0.2, 0.25) is 0 Å². The predicted octanol–water partition coefficient (Wildman–Crippen LogP) is 6.94. The van der Waals surface area contributed by atoms with Crippen molar-refractivity contribution in [1.29, 1.82) is 0 Å². The Morgan fingerprint density at radius 3 is 2.69 bits per heavy atom. The van der Waals surface area contributed by atoms with Crippen molar-refractivity contribution in [3.05, 3.63) is 107 Å². The van der Waals surface area contributed by atoms with Gasteiger partial charge in [-0.25, -0.2) is 0 Å². The number of rotatable bonds is 4. The topological polar surface area (TPSA) is 32.3 Å². The Balaban J connectivity index is 1.13. The first-order valence-electron chi connectivity index (χ1n) is 13.1. The van der Waals surface area contributed by atoms with Crippen molar-refractivity contribution < 1.29 is 4.79 Å². The molecule has 2 aliphatic carbocycles. The minimum atomic E-state index is -0.0429. The molecular formula is C32H34N2O. The Bertz CT molecular complexity index is 1260. The Labute approximate surface area is 208 Å². The zero-order valence-electron chi connectivity index (χ0n) is 20.5. The number of anilines is 1. The van der Waals surface area contributed by atoms with Gasteiger partial charge in [-0.2, -0.15) is 0 Å². The number of fused-ring (bicyclic) bond motifs is 2. The molecule has 2 fully saturated rings. The van der Waals surface area contributed by atoms with E-state index in [1.54, 1.807) is 0 Å². The molecule has 1 N–H and O–H groups in total. The molecule has 1 saturated heterocycles. The van der Waals surface area contributed by atoms with Crippen LogP contribution in [0, 0.1) is 6.92 Å². The van der Waals surface area contributed by atoms with Gasteiger partial charge >= 0.3 is 0 Å². The fourth-order valence-corrected chi connectivity index (χ4v) is 6.79. The monoisotopic (exact) mass is 462 g/mol. The average Bonchev–Trinajstić information content (AvgIpc) is 3.51. The number of nitrogens with one attached hydrogen (secondary N) is 1. The molecule has 1 saturated carbocycles. The first-order chi connectivity index (χ1) is 17.1. The number of amides is 1. The summed E-state index contributed by atoms with van der Waals surface area (Å²) in [5, 5.41) is 3.00. The number of aryl methyl sites for hydroxylation is 1. The second-order valence-electron chi connectivity index (χ2n) is 10.7. The number of carbonyl (C=O) groups is 1. The van der Waals surface area contributed by atoms with Crippen molar-refractivity contribution in [3.8, 4) is 0 Å². The standard InChI is InChI=1S/C32H34N2O/c1-23-20-26(31(35)33-27-9-3-2-4-10-27)13-15-29(23)25-12-14-28(21-25)34-19-7-17-32(22-34)18-16-24-8-5-6-11-30(24)32/h2-6,8-11,13,15-16,18,20,25,28H,7,12,14,17,19,21-22H2,1H3,(H,33,35). The Morgan fingerprint density at radius 1 is 1.00 bits per heavy atom. The molecule has 0 aromatic heterocycles. The smallest absolute Gasteiger partial charge is 0.255 e. The van der Waals surface area contributed by atoms with Crippen LogP contribution in [0.4, 0.5) is 5.69 Å². The van der Waals surface area contributed by atoms with E-state index in [1.165, 1.54) is 60.9 Å². The predicted molar refractivity (Wildman–Crippen MR) is 144 cm³/mol. The molecule has 1 spiro atoms. The average molecular weight is 463 g/mol. The molecule has 178 valence electrons. The van der Waals surface area contributed by atoms with Gasteiger partial charge in [0.05, 0.1) is 0 Å². The highest BCUT2D eigenvalue weighted by molar-refractivity contribution is 6.04. The Morgan fingerprint density at radius 2 is 1.83 bits per heavy atom. The van der Waals surface area contributed by atoms with Crippen molar-refractivity contribution in [1.82, 2.24) is 4.90 Å². The van der Waals surface area contributed by atoms with Gasteiger partial charge in [-0.05, 0) is 98.0 Å². The third-order valence-corrected chi connectivity index (χ3v) is 8.56. The van der Waals surface area contributed by atoms with E-state index in [-0.39, 0.29) is 11.3 Å². The summed E-state index contributed by atoms with van der Waals surface area (Å²) in [7, 11) is 0. The maximum atomic E-state index is 12.7. The van der Waals surface area contributed by atoms with E-state index in [0.29, 0.717) is 12.0 Å². The lowest BCUT2D eigenvalue weighted by Gasteiger charge is -2.43. The molecule has 3 unspecified atom stereocenters. The molecule has 3 aliphatic rings. The number of nitrogens with zero attached hydrogens (tertiary/aromatic N) is 1. The van der Waals surface area contributed by atoms with Crippen LogP contribution < -0.4 is 5.32 Å². The summed E-state index contributed by atoms with van der Waals surface area (Å²) in [6.07, 6.45) is 11.1. The molecule has 3 nitrogen and oxygen atoms in total. The molecule has 35 heavy (non-hydrogen) atoms. The fourth-order valence-electron chi connectivity index (χ4n) is 6.79. The highest BCUT2D eigenvalue weighted by Crippen LogP contribution is 2.45. The molecule has 1 amide bonds. The van der Waals surface area contributed by atoms with Crippen LogP contribution in [0.15, 0.2) is 78.9 Å². The lowest BCUT2D eigenvalue weighted by molar-refractivity contribution is 0.102. The summed E-state index contributed by atoms with van der Waals surface area (Å²) < 4.78 is 0. The number of para-hydroxylation sites is 1. The number of piperidine rings is 1. The van der Waals surface area contributed by atoms with Crippen molar-refractivity contribution in [2.24, 2.45) is 0 Å². The maximum absolute atomic E-state index is 12.7. The van der Waals surface area contributed by atoms with Gasteiger partial charge in [-0.3, -0.25) is 9.69 Å². The number of hydrogen-bond donors (Lipinski definition) is 1. The van der Waals surface area contributed by atoms with Gasteiger partial charge in [-0.15, -0.1) is 0 Å². The summed E-state index contributed by atoms with van der Waals surface area (Å²) in [6, 6.07) is 25.6. The molecule has 3 aromatic carbocycles.